The molecule has 1 fully saturated rings. The first-order valence-corrected chi connectivity index (χ1v) is 11.0. The fourth-order valence-corrected chi connectivity index (χ4v) is 4.19. The van der Waals surface area contributed by atoms with Crippen molar-refractivity contribution in [1.29, 1.82) is 0 Å². The molecule has 28 heavy (non-hydrogen) atoms. The van der Waals surface area contributed by atoms with Crippen molar-refractivity contribution in [1.82, 2.24) is 4.90 Å². The van der Waals surface area contributed by atoms with Gasteiger partial charge < -0.3 is 9.80 Å². The summed E-state index contributed by atoms with van der Waals surface area (Å²) in [4.78, 5) is 16.2. The predicted molar refractivity (Wildman–Crippen MR) is 109 cm³/mol. The van der Waals surface area contributed by atoms with Crippen molar-refractivity contribution in [3.63, 3.8) is 0 Å². The molecule has 150 valence electrons. The standard InChI is InChI=1S/C19H21ClFN3O3S/c1-28(26,27)24(16-6-4-5-15(20)13-16)14-19(25)23-11-9-22(10-12-23)18-8-3-2-7-17(18)21/h2-8,13H,9-12,14H2,1H3. The number of halogens is 2. The van der Waals surface area contributed by atoms with Gasteiger partial charge in [-0.15, -0.1) is 0 Å². The molecular formula is C19H21ClFN3O3S. The van der Waals surface area contributed by atoms with Crippen LogP contribution in [-0.4, -0.2) is 58.2 Å². The zero-order valence-corrected chi connectivity index (χ0v) is 17.0. The topological polar surface area (TPSA) is 60.9 Å². The molecule has 3 rings (SSSR count). The third-order valence-electron chi connectivity index (χ3n) is 4.60. The fraction of sp³-hybridized carbons (Fsp3) is 0.316. The van der Waals surface area contributed by atoms with Crippen molar-refractivity contribution >= 4 is 38.9 Å². The van der Waals surface area contributed by atoms with Crippen LogP contribution in [-0.2, 0) is 14.8 Å². The highest BCUT2D eigenvalue weighted by Gasteiger charge is 2.27. The van der Waals surface area contributed by atoms with Crippen molar-refractivity contribution in [2.45, 2.75) is 0 Å². The number of carbonyl (C=O) groups excluding carboxylic acids is 1. The number of nitrogens with zero attached hydrogens (tertiary/aromatic N) is 3. The van der Waals surface area contributed by atoms with Gasteiger partial charge in [-0.05, 0) is 30.3 Å². The molecule has 0 unspecified atom stereocenters. The van der Waals surface area contributed by atoms with E-state index in [2.05, 4.69) is 0 Å². The Morgan fingerprint density at radius 1 is 1.11 bits per heavy atom. The number of rotatable bonds is 5. The third kappa shape index (κ3) is 4.74. The second-order valence-corrected chi connectivity index (χ2v) is 8.91. The zero-order valence-electron chi connectivity index (χ0n) is 15.4. The van der Waals surface area contributed by atoms with E-state index in [0.717, 1.165) is 10.6 Å². The van der Waals surface area contributed by atoms with E-state index in [9.17, 15) is 17.6 Å². The second-order valence-electron chi connectivity index (χ2n) is 6.57. The summed E-state index contributed by atoms with van der Waals surface area (Å²) in [7, 11) is -3.66. The predicted octanol–water partition coefficient (Wildman–Crippen LogP) is 2.59. The first-order chi connectivity index (χ1) is 13.3. The number of benzene rings is 2. The average Bonchev–Trinajstić information content (AvgIpc) is 2.65. The molecule has 0 bridgehead atoms. The number of para-hydroxylation sites is 1. The van der Waals surface area contributed by atoms with E-state index in [1.165, 1.54) is 12.1 Å². The first-order valence-electron chi connectivity index (χ1n) is 8.76. The van der Waals surface area contributed by atoms with E-state index < -0.39 is 10.0 Å². The number of sulfonamides is 1. The number of hydrogen-bond acceptors (Lipinski definition) is 4. The molecule has 1 amide bonds. The van der Waals surface area contributed by atoms with Gasteiger partial charge in [-0.25, -0.2) is 12.8 Å². The van der Waals surface area contributed by atoms with Gasteiger partial charge in [-0.3, -0.25) is 9.10 Å². The minimum atomic E-state index is -3.66. The summed E-state index contributed by atoms with van der Waals surface area (Å²) in [6.07, 6.45) is 1.05. The second kappa shape index (κ2) is 8.36. The molecule has 0 N–H and O–H groups in total. The van der Waals surface area contributed by atoms with Crippen molar-refractivity contribution < 1.29 is 17.6 Å². The molecule has 0 aromatic heterocycles. The lowest BCUT2D eigenvalue weighted by Crippen LogP contribution is -2.52. The lowest BCUT2D eigenvalue weighted by atomic mass is 10.2. The molecule has 9 heteroatoms. The summed E-state index contributed by atoms with van der Waals surface area (Å²) < 4.78 is 39.4. The molecule has 1 aliphatic heterocycles. The van der Waals surface area contributed by atoms with E-state index in [0.29, 0.717) is 42.6 Å². The summed E-state index contributed by atoms with van der Waals surface area (Å²) >= 11 is 5.96. The molecule has 0 atom stereocenters. The number of amides is 1. The van der Waals surface area contributed by atoms with Crippen LogP contribution in [0, 0.1) is 5.82 Å². The fourth-order valence-electron chi connectivity index (χ4n) is 3.16. The number of carbonyl (C=O) groups is 1. The average molecular weight is 426 g/mol. The molecule has 1 heterocycles. The molecule has 0 aliphatic carbocycles. The Balaban J connectivity index is 1.68. The summed E-state index contributed by atoms with van der Waals surface area (Å²) in [5.74, 6) is -0.606. The van der Waals surface area contributed by atoms with Gasteiger partial charge in [0.25, 0.3) is 0 Å². The van der Waals surface area contributed by atoms with Crippen LogP contribution in [0.2, 0.25) is 5.02 Å². The lowest BCUT2D eigenvalue weighted by molar-refractivity contribution is -0.129. The molecule has 6 nitrogen and oxygen atoms in total. The summed E-state index contributed by atoms with van der Waals surface area (Å²) in [6.45, 7) is 1.42. The Morgan fingerprint density at radius 3 is 2.39 bits per heavy atom. The monoisotopic (exact) mass is 425 g/mol. The van der Waals surface area contributed by atoms with Crippen molar-refractivity contribution in [3.05, 3.63) is 59.4 Å². The SMILES string of the molecule is CS(=O)(=O)N(CC(=O)N1CCN(c2ccccc2F)CC1)c1cccc(Cl)c1. The summed E-state index contributed by atoms with van der Waals surface area (Å²) in [6, 6.07) is 12.9. The largest absolute Gasteiger partial charge is 0.366 e. The highest BCUT2D eigenvalue weighted by atomic mass is 35.5. The van der Waals surface area contributed by atoms with E-state index in [-0.39, 0.29) is 18.3 Å². The smallest absolute Gasteiger partial charge is 0.243 e. The van der Waals surface area contributed by atoms with Crippen LogP contribution in [0.3, 0.4) is 0 Å². The Bertz CT molecular complexity index is 962. The quantitative estimate of drug-likeness (QED) is 0.738. The van der Waals surface area contributed by atoms with Crippen LogP contribution in [0.15, 0.2) is 48.5 Å². The molecule has 2 aromatic rings. The maximum absolute atomic E-state index is 13.9. The Hall–Kier alpha value is -2.32. The molecule has 1 saturated heterocycles. The summed E-state index contributed by atoms with van der Waals surface area (Å²) in [5, 5.41) is 0.386. The lowest BCUT2D eigenvalue weighted by Gasteiger charge is -2.37. The van der Waals surface area contributed by atoms with Crippen molar-refractivity contribution in [2.24, 2.45) is 0 Å². The van der Waals surface area contributed by atoms with Crippen molar-refractivity contribution in [3.8, 4) is 0 Å². The molecule has 2 aromatic carbocycles. The van der Waals surface area contributed by atoms with Crippen LogP contribution < -0.4 is 9.21 Å². The minimum absolute atomic E-state index is 0.300. The number of anilines is 2. The Morgan fingerprint density at radius 2 is 1.79 bits per heavy atom. The minimum Gasteiger partial charge on any atom is -0.366 e. The van der Waals surface area contributed by atoms with Crippen LogP contribution in [0.5, 0.6) is 0 Å². The first kappa shape index (κ1) is 20.4. The Labute approximate surface area is 169 Å². The third-order valence-corrected chi connectivity index (χ3v) is 5.98. The molecule has 0 radical (unpaired) electrons. The van der Waals surface area contributed by atoms with Crippen LogP contribution in [0.25, 0.3) is 0 Å². The normalized spacial score (nSPS) is 14.8. The summed E-state index contributed by atoms with van der Waals surface area (Å²) in [5.41, 5.74) is 0.847. The zero-order chi connectivity index (χ0) is 20.3. The maximum Gasteiger partial charge on any atom is 0.243 e. The van der Waals surface area contributed by atoms with E-state index in [1.807, 2.05) is 4.90 Å². The molecule has 0 saturated carbocycles. The van der Waals surface area contributed by atoms with Gasteiger partial charge in [0, 0.05) is 31.2 Å². The van der Waals surface area contributed by atoms with Crippen molar-refractivity contribution in [2.75, 3.05) is 48.2 Å². The van der Waals surface area contributed by atoms with Gasteiger partial charge in [0.1, 0.15) is 12.4 Å². The number of hydrogen-bond donors (Lipinski definition) is 0. The van der Waals surface area contributed by atoms with Gasteiger partial charge in [0.15, 0.2) is 0 Å². The van der Waals surface area contributed by atoms with E-state index in [1.54, 1.807) is 41.3 Å². The highest BCUT2D eigenvalue weighted by Crippen LogP contribution is 2.23. The molecule has 1 aliphatic rings. The molecular weight excluding hydrogens is 405 g/mol. The Kier molecular flexibility index (Phi) is 6.10. The van der Waals surface area contributed by atoms with Gasteiger partial charge in [-0.2, -0.15) is 0 Å². The van der Waals surface area contributed by atoms with Gasteiger partial charge in [-0.1, -0.05) is 29.8 Å². The van der Waals surface area contributed by atoms with Gasteiger partial charge >= 0.3 is 0 Å². The van der Waals surface area contributed by atoms with E-state index >= 15 is 0 Å². The van der Waals surface area contributed by atoms with Gasteiger partial charge in [0.2, 0.25) is 15.9 Å². The van der Waals surface area contributed by atoms with E-state index in [4.69, 9.17) is 11.6 Å². The van der Waals surface area contributed by atoms with Gasteiger partial charge in [0.05, 0.1) is 17.6 Å². The maximum atomic E-state index is 13.9. The van der Waals surface area contributed by atoms with Crippen LogP contribution in [0.1, 0.15) is 0 Å². The van der Waals surface area contributed by atoms with Crippen LogP contribution in [0.4, 0.5) is 15.8 Å². The number of piperazine rings is 1. The molecule has 0 spiro atoms. The highest BCUT2D eigenvalue weighted by molar-refractivity contribution is 7.92. The van der Waals surface area contributed by atoms with Crippen LogP contribution >= 0.6 is 11.6 Å².